The van der Waals surface area contributed by atoms with Crippen molar-refractivity contribution in [2.75, 3.05) is 25.4 Å². The zero-order chi connectivity index (χ0) is 39.3. The lowest BCUT2D eigenvalue weighted by molar-refractivity contribution is -0.274. The molecule has 0 unspecified atom stereocenters. The molecule has 1 fully saturated rings. The van der Waals surface area contributed by atoms with Crippen LogP contribution in [0.5, 0.6) is 5.75 Å². The average molecular weight is 779 g/mol. The number of amides is 1. The van der Waals surface area contributed by atoms with E-state index in [2.05, 4.69) is 36.0 Å². The molecule has 4 N–H and O–H groups in total. The Morgan fingerprint density at radius 2 is 1.70 bits per heavy atom. The number of hydrogen-bond acceptors (Lipinski definition) is 9. The van der Waals surface area contributed by atoms with Crippen molar-refractivity contribution in [3.8, 4) is 22.8 Å². The highest BCUT2D eigenvalue weighted by atomic mass is 32.2. The Hall–Kier alpha value is -5.43. The third kappa shape index (κ3) is 13.5. The molecule has 288 valence electrons. The smallest absolute Gasteiger partial charge is 0.475 e. The number of nitrogens with zero attached hydrogens (tertiary/aromatic N) is 5. The molecule has 1 aliphatic heterocycles. The zero-order valence-corrected chi connectivity index (χ0v) is 29.7. The number of nitrogens with one attached hydrogen (secondary N) is 3. The number of ether oxygens (including phenoxy) is 1. The van der Waals surface area contributed by atoms with E-state index in [4.69, 9.17) is 14.9 Å². The normalized spacial score (nSPS) is 15.0. The summed E-state index contributed by atoms with van der Waals surface area (Å²) in [6.45, 7) is 6.59. The van der Waals surface area contributed by atoms with Gasteiger partial charge in [-0.3, -0.25) is 10.2 Å². The van der Waals surface area contributed by atoms with E-state index in [0.717, 1.165) is 53.9 Å². The highest BCUT2D eigenvalue weighted by molar-refractivity contribution is 8.14. The molecule has 54 heavy (non-hydrogen) atoms. The number of aryl methyl sites for hydroxylation is 2. The summed E-state index contributed by atoms with van der Waals surface area (Å²) in [5, 5.41) is 22.9. The van der Waals surface area contributed by atoms with Gasteiger partial charge in [-0.1, -0.05) is 54.2 Å². The van der Waals surface area contributed by atoms with Crippen LogP contribution in [0.2, 0.25) is 0 Å². The number of alkyl halides is 6. The number of piperidine rings is 1. The molecule has 0 aliphatic carbocycles. The van der Waals surface area contributed by atoms with Crippen molar-refractivity contribution in [2.45, 2.75) is 39.2 Å². The fourth-order valence-corrected chi connectivity index (χ4v) is 5.56. The van der Waals surface area contributed by atoms with Gasteiger partial charge in [0.2, 0.25) is 5.91 Å². The van der Waals surface area contributed by atoms with Gasteiger partial charge in [-0.15, -0.1) is 18.3 Å². The maximum absolute atomic E-state index is 12.6. The summed E-state index contributed by atoms with van der Waals surface area (Å²) in [5.41, 5.74) is 7.95. The van der Waals surface area contributed by atoms with Gasteiger partial charge in [-0.2, -0.15) is 18.3 Å². The van der Waals surface area contributed by atoms with Crippen molar-refractivity contribution in [2.24, 2.45) is 16.0 Å². The second-order valence-corrected chi connectivity index (χ2v) is 12.8. The van der Waals surface area contributed by atoms with E-state index in [1.807, 2.05) is 56.3 Å². The van der Waals surface area contributed by atoms with Crippen LogP contribution in [-0.2, 0) is 9.59 Å². The lowest BCUT2D eigenvalue weighted by atomic mass is 10.00. The summed E-state index contributed by atoms with van der Waals surface area (Å²) in [6, 6.07) is 18.7. The number of carbonyl (C=O) groups excluding carboxylic acids is 1. The van der Waals surface area contributed by atoms with Gasteiger partial charge in [0.05, 0.1) is 23.3 Å². The molecular weight excluding hydrogens is 742 g/mol. The molecule has 4 aromatic rings. The number of hydrogen-bond donors (Lipinski definition) is 4. The number of amidine groups is 1. The van der Waals surface area contributed by atoms with Gasteiger partial charge < -0.3 is 20.5 Å². The number of halogens is 6. The maximum Gasteiger partial charge on any atom is 0.573 e. The van der Waals surface area contributed by atoms with Gasteiger partial charge >= 0.3 is 18.5 Å². The molecule has 0 saturated carbocycles. The highest BCUT2D eigenvalue weighted by Gasteiger charge is 2.38. The minimum Gasteiger partial charge on any atom is -0.475 e. The molecule has 19 heteroatoms. The second kappa shape index (κ2) is 19.1. The number of thioether (sulfide) groups is 1. The number of aliphatic carboxylic acids is 1. The van der Waals surface area contributed by atoms with Crippen LogP contribution in [0.25, 0.3) is 17.1 Å². The van der Waals surface area contributed by atoms with Crippen LogP contribution >= 0.6 is 11.8 Å². The summed E-state index contributed by atoms with van der Waals surface area (Å²) >= 11 is 1.29. The number of carboxylic acid groups (broad SMARTS) is 1. The fourth-order valence-electron chi connectivity index (χ4n) is 4.92. The minimum absolute atomic E-state index is 0.0558. The Labute approximate surface area is 310 Å². The lowest BCUT2D eigenvalue weighted by Gasteiger charge is -2.22. The first-order valence-corrected chi connectivity index (χ1v) is 17.3. The van der Waals surface area contributed by atoms with Crippen molar-refractivity contribution in [3.63, 3.8) is 0 Å². The number of benzene rings is 3. The summed E-state index contributed by atoms with van der Waals surface area (Å²) in [5.74, 6) is -2.04. The molecule has 1 atom stereocenters. The van der Waals surface area contributed by atoms with Crippen molar-refractivity contribution in [3.05, 3.63) is 89.7 Å². The minimum atomic E-state index is -5.08. The Balaban J connectivity index is 0.000000845. The first-order valence-electron chi connectivity index (χ1n) is 16.3. The van der Waals surface area contributed by atoms with Crippen molar-refractivity contribution in [1.29, 1.82) is 0 Å². The van der Waals surface area contributed by atoms with E-state index in [1.54, 1.807) is 6.21 Å². The van der Waals surface area contributed by atoms with Crippen molar-refractivity contribution >= 4 is 40.7 Å². The standard InChI is InChI=1S/C33H35F3N8O2S.C2HF3O2/c1-22-5-3-6-23(2)30(22)41-32(47-20-29(45)38-18-25-7-4-16-37-17-25)42-40-19-24-8-10-26(11-9-24)31-39-21-44(43-31)27-12-14-28(15-13-27)46-33(34,35)36;3-2(4,5)1(6)7/h3,5-6,8-15,19,21,25,37H,4,7,16-18,20H2,1-2H3,(H,38,45)(H,41,42);(H,6,7)/b40-19+;/t25-;/m1./s1. The monoisotopic (exact) mass is 778 g/mol. The molecule has 5 rings (SSSR count). The summed E-state index contributed by atoms with van der Waals surface area (Å²) in [7, 11) is 0. The van der Waals surface area contributed by atoms with E-state index in [9.17, 15) is 31.1 Å². The second-order valence-electron chi connectivity index (χ2n) is 11.8. The molecule has 1 saturated heterocycles. The first-order chi connectivity index (χ1) is 25.6. The number of aromatic nitrogens is 3. The number of carbonyl (C=O) groups is 2. The fraction of sp³-hybridized carbons (Fsp3) is 0.314. The van der Waals surface area contributed by atoms with E-state index in [0.29, 0.717) is 29.1 Å². The van der Waals surface area contributed by atoms with Crippen molar-refractivity contribution < 1.29 is 45.8 Å². The van der Waals surface area contributed by atoms with Crippen LogP contribution in [0.3, 0.4) is 0 Å². The Morgan fingerprint density at radius 1 is 1.04 bits per heavy atom. The molecule has 12 nitrogen and oxygen atoms in total. The van der Waals surface area contributed by atoms with Crippen LogP contribution < -0.4 is 20.8 Å². The third-order valence-corrected chi connectivity index (χ3v) is 8.45. The molecule has 0 spiro atoms. The van der Waals surface area contributed by atoms with Crippen LogP contribution in [0, 0.1) is 19.8 Å². The Morgan fingerprint density at radius 3 is 2.30 bits per heavy atom. The van der Waals surface area contributed by atoms with E-state index in [1.165, 1.54) is 47.0 Å². The molecule has 0 radical (unpaired) electrons. The van der Waals surface area contributed by atoms with Gasteiger partial charge in [0.1, 0.15) is 12.1 Å². The predicted octanol–water partition coefficient (Wildman–Crippen LogP) is 6.54. The highest BCUT2D eigenvalue weighted by Crippen LogP contribution is 2.26. The van der Waals surface area contributed by atoms with Gasteiger partial charge in [0, 0.05) is 12.1 Å². The van der Waals surface area contributed by atoms with Crippen LogP contribution in [0.15, 0.2) is 83.2 Å². The largest absolute Gasteiger partial charge is 0.573 e. The zero-order valence-electron chi connectivity index (χ0n) is 28.9. The van der Waals surface area contributed by atoms with E-state index in [-0.39, 0.29) is 17.4 Å². The molecule has 1 aliphatic rings. The quantitative estimate of drug-likeness (QED) is 0.0608. The number of hydrazone groups is 1. The van der Waals surface area contributed by atoms with Gasteiger partial charge in [0.15, 0.2) is 11.0 Å². The molecule has 3 aromatic carbocycles. The first kappa shape index (κ1) is 41.3. The molecule has 2 heterocycles. The Kier molecular flexibility index (Phi) is 14.6. The van der Waals surface area contributed by atoms with Crippen LogP contribution in [0.4, 0.5) is 32.0 Å². The number of rotatable bonds is 10. The van der Waals surface area contributed by atoms with E-state index < -0.39 is 18.5 Å². The van der Waals surface area contributed by atoms with Gasteiger partial charge in [-0.05, 0) is 86.7 Å². The molecule has 1 aromatic heterocycles. The maximum atomic E-state index is 12.6. The van der Waals surface area contributed by atoms with Crippen LogP contribution in [-0.4, -0.2) is 81.1 Å². The number of aliphatic imine (C=N–C) groups is 1. The number of para-hydroxylation sites is 1. The summed E-state index contributed by atoms with van der Waals surface area (Å²) in [6.07, 6.45) is -4.47. The predicted molar refractivity (Wildman–Crippen MR) is 192 cm³/mol. The summed E-state index contributed by atoms with van der Waals surface area (Å²) in [4.78, 5) is 30.7. The van der Waals surface area contributed by atoms with Crippen molar-refractivity contribution in [1.82, 2.24) is 30.8 Å². The molecule has 0 bridgehead atoms. The Bertz CT molecular complexity index is 1890. The van der Waals surface area contributed by atoms with Gasteiger partial charge in [0.25, 0.3) is 0 Å². The third-order valence-electron chi connectivity index (χ3n) is 7.59. The molecule has 1 amide bonds. The molecular formula is C35H36F6N8O4S. The lowest BCUT2D eigenvalue weighted by Crippen LogP contribution is -2.38. The van der Waals surface area contributed by atoms with Crippen LogP contribution in [0.1, 0.15) is 29.5 Å². The topological polar surface area (TPSA) is 155 Å². The number of carboxylic acids is 1. The van der Waals surface area contributed by atoms with E-state index >= 15 is 0 Å². The SMILES string of the molecule is Cc1cccc(C)c1N=C(N/N=C/c1ccc(-c2ncn(-c3ccc(OC(F)(F)F)cc3)n2)cc1)SCC(=O)NC[C@@H]1CCCNC1.O=C(O)C(F)(F)F. The summed E-state index contributed by atoms with van der Waals surface area (Å²) < 4.78 is 74.5. The van der Waals surface area contributed by atoms with Gasteiger partial charge in [-0.25, -0.2) is 19.5 Å². The average Bonchev–Trinajstić information content (AvgIpc) is 3.62.